The summed E-state index contributed by atoms with van der Waals surface area (Å²) in [6.45, 7) is 2.15. The monoisotopic (exact) mass is 295 g/mol. The molecule has 1 aromatic heterocycles. The minimum atomic E-state index is -3.66. The molecule has 0 atom stereocenters. The predicted molar refractivity (Wildman–Crippen MR) is 79.7 cm³/mol. The molecule has 0 unspecified atom stereocenters. The standard InChI is InChI=1S/C14H17NO2S2/c1-2-3-5-11-6-4-7-12(10-11)14-13(8-9-18-14)19(15,16)17/h4,6-10H,2-3,5H2,1H3,(H2,15,16,17). The van der Waals surface area contributed by atoms with Gasteiger partial charge in [-0.2, -0.15) is 0 Å². The molecule has 19 heavy (non-hydrogen) atoms. The van der Waals surface area contributed by atoms with E-state index in [-0.39, 0.29) is 4.90 Å². The van der Waals surface area contributed by atoms with Crippen molar-refractivity contribution in [3.05, 3.63) is 41.3 Å². The third-order valence-electron chi connectivity index (χ3n) is 2.94. The van der Waals surface area contributed by atoms with Crippen molar-refractivity contribution < 1.29 is 8.42 Å². The average molecular weight is 295 g/mol. The van der Waals surface area contributed by atoms with Crippen LogP contribution < -0.4 is 5.14 Å². The summed E-state index contributed by atoms with van der Waals surface area (Å²) < 4.78 is 23.1. The van der Waals surface area contributed by atoms with Crippen molar-refractivity contribution in [3.8, 4) is 10.4 Å². The van der Waals surface area contributed by atoms with E-state index in [0.29, 0.717) is 0 Å². The lowest BCUT2D eigenvalue weighted by molar-refractivity contribution is 0.598. The highest BCUT2D eigenvalue weighted by Crippen LogP contribution is 2.32. The number of primary sulfonamides is 1. The van der Waals surface area contributed by atoms with Gasteiger partial charge in [-0.3, -0.25) is 0 Å². The Bertz CT molecular complexity index is 660. The minimum absolute atomic E-state index is 0.213. The van der Waals surface area contributed by atoms with E-state index >= 15 is 0 Å². The molecule has 2 rings (SSSR count). The van der Waals surface area contributed by atoms with E-state index in [2.05, 4.69) is 19.1 Å². The van der Waals surface area contributed by atoms with Crippen LogP contribution in [-0.2, 0) is 16.4 Å². The van der Waals surface area contributed by atoms with E-state index in [0.717, 1.165) is 29.7 Å². The van der Waals surface area contributed by atoms with Crippen molar-refractivity contribution in [3.63, 3.8) is 0 Å². The highest BCUT2D eigenvalue weighted by Gasteiger charge is 2.16. The summed E-state index contributed by atoms with van der Waals surface area (Å²) in [5, 5.41) is 6.99. The Kier molecular flexibility index (Phi) is 4.39. The third-order valence-corrected chi connectivity index (χ3v) is 4.99. The minimum Gasteiger partial charge on any atom is -0.225 e. The molecular weight excluding hydrogens is 278 g/mol. The maximum absolute atomic E-state index is 11.5. The number of sulfonamides is 1. The van der Waals surface area contributed by atoms with Crippen LogP contribution in [0.25, 0.3) is 10.4 Å². The van der Waals surface area contributed by atoms with Gasteiger partial charge in [-0.1, -0.05) is 37.6 Å². The Hall–Kier alpha value is -1.17. The largest absolute Gasteiger partial charge is 0.239 e. The zero-order valence-corrected chi connectivity index (χ0v) is 12.4. The highest BCUT2D eigenvalue weighted by atomic mass is 32.2. The molecule has 1 aromatic carbocycles. The van der Waals surface area contributed by atoms with Crippen LogP contribution in [0.4, 0.5) is 0 Å². The first-order chi connectivity index (χ1) is 9.02. The number of thiophene rings is 1. The van der Waals surface area contributed by atoms with Gasteiger partial charge in [0.1, 0.15) is 4.90 Å². The maximum atomic E-state index is 11.5. The molecule has 2 aromatic rings. The van der Waals surface area contributed by atoms with Crippen LogP contribution in [-0.4, -0.2) is 8.42 Å². The van der Waals surface area contributed by atoms with Crippen molar-refractivity contribution in [2.24, 2.45) is 5.14 Å². The van der Waals surface area contributed by atoms with Gasteiger partial charge < -0.3 is 0 Å². The Labute approximate surface area is 118 Å². The Morgan fingerprint density at radius 1 is 1.26 bits per heavy atom. The van der Waals surface area contributed by atoms with E-state index in [1.165, 1.54) is 16.9 Å². The first-order valence-corrected chi connectivity index (χ1v) is 8.64. The van der Waals surface area contributed by atoms with Crippen LogP contribution in [0.2, 0.25) is 0 Å². The summed E-state index contributed by atoms with van der Waals surface area (Å²) in [6, 6.07) is 9.58. The quantitative estimate of drug-likeness (QED) is 0.919. The molecule has 0 bridgehead atoms. The molecule has 0 spiro atoms. The number of aryl methyl sites for hydroxylation is 1. The van der Waals surface area contributed by atoms with Crippen LogP contribution in [0.5, 0.6) is 0 Å². The lowest BCUT2D eigenvalue weighted by atomic mass is 10.0. The van der Waals surface area contributed by atoms with Crippen molar-refractivity contribution in [2.45, 2.75) is 31.1 Å². The number of hydrogen-bond acceptors (Lipinski definition) is 3. The Morgan fingerprint density at radius 2 is 2.05 bits per heavy atom. The number of unbranched alkanes of at least 4 members (excludes halogenated alkanes) is 1. The molecule has 0 aliphatic rings. The van der Waals surface area contributed by atoms with Crippen LogP contribution in [0, 0.1) is 0 Å². The van der Waals surface area contributed by atoms with Crippen molar-refractivity contribution in [1.29, 1.82) is 0 Å². The van der Waals surface area contributed by atoms with Gasteiger partial charge in [0.2, 0.25) is 10.0 Å². The van der Waals surface area contributed by atoms with Crippen LogP contribution in [0.15, 0.2) is 40.6 Å². The zero-order chi connectivity index (χ0) is 13.9. The predicted octanol–water partition coefficient (Wildman–Crippen LogP) is 3.41. The summed E-state index contributed by atoms with van der Waals surface area (Å²) in [4.78, 5) is 0.936. The summed E-state index contributed by atoms with van der Waals surface area (Å²) in [5.41, 5.74) is 2.15. The number of benzene rings is 1. The number of rotatable bonds is 5. The topological polar surface area (TPSA) is 60.2 Å². The van der Waals surface area contributed by atoms with Crippen molar-refractivity contribution in [2.75, 3.05) is 0 Å². The summed E-state index contributed by atoms with van der Waals surface area (Å²) in [6.07, 6.45) is 3.29. The van der Waals surface area contributed by atoms with Gasteiger partial charge in [0, 0.05) is 0 Å². The molecule has 0 saturated carbocycles. The fourth-order valence-corrected chi connectivity index (χ4v) is 3.98. The highest BCUT2D eigenvalue weighted by molar-refractivity contribution is 7.89. The van der Waals surface area contributed by atoms with Gasteiger partial charge in [-0.05, 0) is 35.4 Å². The van der Waals surface area contributed by atoms with Crippen LogP contribution in [0.1, 0.15) is 25.3 Å². The second-order valence-electron chi connectivity index (χ2n) is 4.46. The Morgan fingerprint density at radius 3 is 2.74 bits per heavy atom. The number of nitrogens with two attached hydrogens (primary N) is 1. The van der Waals surface area contributed by atoms with Crippen molar-refractivity contribution >= 4 is 21.4 Å². The molecule has 0 aliphatic carbocycles. The van der Waals surface area contributed by atoms with Crippen molar-refractivity contribution in [1.82, 2.24) is 0 Å². The smallest absolute Gasteiger partial charge is 0.225 e. The Balaban J connectivity index is 2.40. The molecule has 5 heteroatoms. The number of hydrogen-bond donors (Lipinski definition) is 1. The van der Waals surface area contributed by atoms with Crippen LogP contribution >= 0.6 is 11.3 Å². The molecule has 0 saturated heterocycles. The average Bonchev–Trinajstić information content (AvgIpc) is 2.86. The van der Waals surface area contributed by atoms with Gasteiger partial charge >= 0.3 is 0 Å². The molecular formula is C14H17NO2S2. The summed E-state index contributed by atoms with van der Waals surface area (Å²) in [5.74, 6) is 0. The lowest BCUT2D eigenvalue weighted by Crippen LogP contribution is -2.11. The van der Waals surface area contributed by atoms with Crippen LogP contribution in [0.3, 0.4) is 0 Å². The van der Waals surface area contributed by atoms with Gasteiger partial charge in [-0.25, -0.2) is 13.6 Å². The third kappa shape index (κ3) is 3.43. The fraction of sp³-hybridized carbons (Fsp3) is 0.286. The summed E-state index contributed by atoms with van der Waals surface area (Å²) in [7, 11) is -3.66. The fourth-order valence-electron chi connectivity index (χ4n) is 1.98. The molecule has 3 nitrogen and oxygen atoms in total. The van der Waals surface area contributed by atoms with Gasteiger partial charge in [0.05, 0.1) is 4.88 Å². The van der Waals surface area contributed by atoms with E-state index < -0.39 is 10.0 Å². The molecule has 0 fully saturated rings. The first-order valence-electron chi connectivity index (χ1n) is 6.22. The first kappa shape index (κ1) is 14.2. The molecule has 0 amide bonds. The molecule has 1 heterocycles. The summed E-state index contributed by atoms with van der Waals surface area (Å²) >= 11 is 1.40. The molecule has 2 N–H and O–H groups in total. The molecule has 102 valence electrons. The van der Waals surface area contributed by atoms with E-state index in [4.69, 9.17) is 5.14 Å². The normalized spacial score (nSPS) is 11.7. The zero-order valence-electron chi connectivity index (χ0n) is 10.8. The second-order valence-corrected chi connectivity index (χ2v) is 6.91. The van der Waals surface area contributed by atoms with E-state index in [9.17, 15) is 8.42 Å². The second kappa shape index (κ2) is 5.86. The SMILES string of the molecule is CCCCc1cccc(-c2sccc2S(N)(=O)=O)c1. The molecule has 0 radical (unpaired) electrons. The van der Waals surface area contributed by atoms with Gasteiger partial charge in [-0.15, -0.1) is 11.3 Å². The van der Waals surface area contributed by atoms with E-state index in [1.54, 1.807) is 11.4 Å². The van der Waals surface area contributed by atoms with Gasteiger partial charge in [0.25, 0.3) is 0 Å². The maximum Gasteiger partial charge on any atom is 0.239 e. The van der Waals surface area contributed by atoms with Gasteiger partial charge in [0.15, 0.2) is 0 Å². The van der Waals surface area contributed by atoms with E-state index in [1.807, 2.05) is 12.1 Å². The lowest BCUT2D eigenvalue weighted by Gasteiger charge is -2.05. The molecule has 0 aliphatic heterocycles.